The fourth-order valence-corrected chi connectivity index (χ4v) is 2.42. The second-order valence-electron chi connectivity index (χ2n) is 4.65. The average molecular weight is 329 g/mol. The quantitative estimate of drug-likeness (QED) is 0.862. The maximum absolute atomic E-state index is 5.74. The van der Waals surface area contributed by atoms with E-state index in [2.05, 4.69) is 26.1 Å². The van der Waals surface area contributed by atoms with Crippen molar-refractivity contribution in [3.05, 3.63) is 28.7 Å². The van der Waals surface area contributed by atoms with Crippen LogP contribution in [0, 0.1) is 0 Å². The minimum Gasteiger partial charge on any atom is -0.492 e. The van der Waals surface area contributed by atoms with Gasteiger partial charge in [0, 0.05) is 30.7 Å². The molecule has 1 aromatic carbocycles. The molecule has 0 saturated carbocycles. The first-order valence-corrected chi connectivity index (χ1v) is 7.44. The number of hydrogen-bond donors (Lipinski definition) is 1. The Morgan fingerprint density at radius 1 is 1.42 bits per heavy atom. The van der Waals surface area contributed by atoms with Gasteiger partial charge in [-0.1, -0.05) is 15.9 Å². The summed E-state index contributed by atoms with van der Waals surface area (Å²) in [5, 5.41) is 3.16. The number of hydrogen-bond acceptors (Lipinski definition) is 4. The summed E-state index contributed by atoms with van der Waals surface area (Å²) in [5.41, 5.74) is 0. The van der Waals surface area contributed by atoms with Crippen LogP contribution in [0.1, 0.15) is 0 Å². The SMILES string of the molecule is CNCC1CN(CCOc2ccc(Br)cc2)CCO1. The maximum atomic E-state index is 5.74. The van der Waals surface area contributed by atoms with Crippen molar-refractivity contribution < 1.29 is 9.47 Å². The minimum absolute atomic E-state index is 0.298. The van der Waals surface area contributed by atoms with Gasteiger partial charge in [0.15, 0.2) is 0 Å². The van der Waals surface area contributed by atoms with Crippen molar-refractivity contribution in [1.29, 1.82) is 0 Å². The van der Waals surface area contributed by atoms with E-state index in [4.69, 9.17) is 9.47 Å². The molecule has 1 heterocycles. The van der Waals surface area contributed by atoms with Gasteiger partial charge in [0.05, 0.1) is 12.7 Å². The highest BCUT2D eigenvalue weighted by atomic mass is 79.9. The topological polar surface area (TPSA) is 33.7 Å². The molecule has 1 aliphatic rings. The third-order valence-corrected chi connectivity index (χ3v) is 3.67. The van der Waals surface area contributed by atoms with Crippen LogP contribution in [0.5, 0.6) is 5.75 Å². The van der Waals surface area contributed by atoms with Gasteiger partial charge in [0.1, 0.15) is 12.4 Å². The van der Waals surface area contributed by atoms with E-state index in [1.54, 1.807) is 0 Å². The van der Waals surface area contributed by atoms with Crippen LogP contribution in [-0.2, 0) is 4.74 Å². The molecular formula is C14H21BrN2O2. The Hall–Kier alpha value is -0.620. The molecule has 0 radical (unpaired) electrons. The molecule has 0 spiro atoms. The Kier molecular flexibility index (Phi) is 6.10. The molecule has 1 unspecified atom stereocenters. The molecule has 1 saturated heterocycles. The Morgan fingerprint density at radius 2 is 2.21 bits per heavy atom. The summed E-state index contributed by atoms with van der Waals surface area (Å²) in [4.78, 5) is 2.39. The normalized spacial score (nSPS) is 20.4. The van der Waals surface area contributed by atoms with Crippen LogP contribution in [0.15, 0.2) is 28.7 Å². The van der Waals surface area contributed by atoms with Crippen molar-refractivity contribution in [3.8, 4) is 5.75 Å². The summed E-state index contributed by atoms with van der Waals surface area (Å²) in [7, 11) is 1.96. The third kappa shape index (κ3) is 5.10. The van der Waals surface area contributed by atoms with Crippen LogP contribution in [-0.4, -0.2) is 57.4 Å². The Morgan fingerprint density at radius 3 is 2.95 bits per heavy atom. The number of likely N-dealkylation sites (N-methyl/N-ethyl adjacent to an activating group) is 1. The van der Waals surface area contributed by atoms with Gasteiger partial charge in [-0.3, -0.25) is 4.90 Å². The van der Waals surface area contributed by atoms with Crippen molar-refractivity contribution in [1.82, 2.24) is 10.2 Å². The summed E-state index contributed by atoms with van der Waals surface area (Å²) in [6.07, 6.45) is 0.298. The molecule has 0 aliphatic carbocycles. The monoisotopic (exact) mass is 328 g/mol. The zero-order valence-electron chi connectivity index (χ0n) is 11.3. The van der Waals surface area contributed by atoms with Crippen LogP contribution >= 0.6 is 15.9 Å². The highest BCUT2D eigenvalue weighted by molar-refractivity contribution is 9.10. The molecule has 5 heteroatoms. The summed E-state index contributed by atoms with van der Waals surface area (Å²) < 4.78 is 12.5. The van der Waals surface area contributed by atoms with Gasteiger partial charge < -0.3 is 14.8 Å². The molecular weight excluding hydrogens is 308 g/mol. The Bertz CT molecular complexity index is 370. The summed E-state index contributed by atoms with van der Waals surface area (Å²) in [5.74, 6) is 0.920. The van der Waals surface area contributed by atoms with Crippen LogP contribution in [0.25, 0.3) is 0 Å². The zero-order valence-corrected chi connectivity index (χ0v) is 12.9. The summed E-state index contributed by atoms with van der Waals surface area (Å²) in [6, 6.07) is 7.94. The molecule has 0 bridgehead atoms. The minimum atomic E-state index is 0.298. The summed E-state index contributed by atoms with van der Waals surface area (Å²) >= 11 is 3.41. The van der Waals surface area contributed by atoms with Crippen LogP contribution < -0.4 is 10.1 Å². The lowest BCUT2D eigenvalue weighted by Crippen LogP contribution is -2.47. The van der Waals surface area contributed by atoms with E-state index in [0.717, 1.165) is 43.0 Å². The highest BCUT2D eigenvalue weighted by Crippen LogP contribution is 2.16. The number of benzene rings is 1. The maximum Gasteiger partial charge on any atom is 0.119 e. The second-order valence-corrected chi connectivity index (χ2v) is 5.57. The largest absolute Gasteiger partial charge is 0.492 e. The molecule has 2 rings (SSSR count). The van der Waals surface area contributed by atoms with Gasteiger partial charge in [-0.2, -0.15) is 0 Å². The fourth-order valence-electron chi connectivity index (χ4n) is 2.16. The van der Waals surface area contributed by atoms with Gasteiger partial charge >= 0.3 is 0 Å². The van der Waals surface area contributed by atoms with E-state index < -0.39 is 0 Å². The molecule has 4 nitrogen and oxygen atoms in total. The lowest BCUT2D eigenvalue weighted by atomic mass is 10.2. The van der Waals surface area contributed by atoms with Crippen molar-refractivity contribution in [2.24, 2.45) is 0 Å². The first kappa shape index (κ1) is 14.8. The van der Waals surface area contributed by atoms with Crippen molar-refractivity contribution in [2.45, 2.75) is 6.10 Å². The van der Waals surface area contributed by atoms with E-state index in [1.165, 1.54) is 0 Å². The predicted molar refractivity (Wildman–Crippen MR) is 79.7 cm³/mol. The number of rotatable bonds is 6. The third-order valence-electron chi connectivity index (χ3n) is 3.14. The zero-order chi connectivity index (χ0) is 13.5. The molecule has 106 valence electrons. The lowest BCUT2D eigenvalue weighted by molar-refractivity contribution is -0.0291. The molecule has 1 aromatic rings. The van der Waals surface area contributed by atoms with E-state index in [1.807, 2.05) is 31.3 Å². The van der Waals surface area contributed by atoms with E-state index in [9.17, 15) is 0 Å². The number of ether oxygens (including phenoxy) is 2. The molecule has 0 amide bonds. The van der Waals surface area contributed by atoms with Gasteiger partial charge in [0.2, 0.25) is 0 Å². The number of nitrogens with one attached hydrogen (secondary N) is 1. The van der Waals surface area contributed by atoms with Crippen LogP contribution in [0.2, 0.25) is 0 Å². The van der Waals surface area contributed by atoms with Crippen LogP contribution in [0.3, 0.4) is 0 Å². The summed E-state index contributed by atoms with van der Waals surface area (Å²) in [6.45, 7) is 5.34. The smallest absolute Gasteiger partial charge is 0.119 e. The second kappa shape index (κ2) is 7.85. The van der Waals surface area contributed by atoms with Gasteiger partial charge in [0.25, 0.3) is 0 Å². The van der Waals surface area contributed by atoms with Gasteiger partial charge in [-0.05, 0) is 31.3 Å². The average Bonchev–Trinajstić information content (AvgIpc) is 2.42. The number of morpholine rings is 1. The number of halogens is 1. The van der Waals surface area contributed by atoms with Gasteiger partial charge in [-0.25, -0.2) is 0 Å². The lowest BCUT2D eigenvalue weighted by Gasteiger charge is -2.32. The molecule has 1 N–H and O–H groups in total. The predicted octanol–water partition coefficient (Wildman–Crippen LogP) is 1.75. The number of nitrogens with zero attached hydrogens (tertiary/aromatic N) is 1. The molecule has 1 atom stereocenters. The molecule has 1 fully saturated rings. The van der Waals surface area contributed by atoms with Crippen LogP contribution in [0.4, 0.5) is 0 Å². The standard InChI is InChI=1S/C14H21BrN2O2/c1-16-10-14-11-17(7-9-19-14)6-8-18-13-4-2-12(15)3-5-13/h2-5,14,16H,6-11H2,1H3. The van der Waals surface area contributed by atoms with E-state index >= 15 is 0 Å². The van der Waals surface area contributed by atoms with Gasteiger partial charge in [-0.15, -0.1) is 0 Å². The molecule has 1 aliphatic heterocycles. The highest BCUT2D eigenvalue weighted by Gasteiger charge is 2.19. The Labute approximate surface area is 123 Å². The van der Waals surface area contributed by atoms with E-state index in [-0.39, 0.29) is 0 Å². The molecule has 19 heavy (non-hydrogen) atoms. The van der Waals surface area contributed by atoms with Crippen molar-refractivity contribution in [3.63, 3.8) is 0 Å². The fraction of sp³-hybridized carbons (Fsp3) is 0.571. The van der Waals surface area contributed by atoms with Crippen molar-refractivity contribution in [2.75, 3.05) is 46.4 Å². The van der Waals surface area contributed by atoms with E-state index in [0.29, 0.717) is 12.7 Å². The first-order valence-electron chi connectivity index (χ1n) is 6.65. The first-order chi connectivity index (χ1) is 9.28. The van der Waals surface area contributed by atoms with Crippen molar-refractivity contribution >= 4 is 15.9 Å². The Balaban J connectivity index is 1.69. The molecule has 0 aromatic heterocycles.